The summed E-state index contributed by atoms with van der Waals surface area (Å²) in [5, 5.41) is 6.78. The summed E-state index contributed by atoms with van der Waals surface area (Å²) in [6, 6.07) is 0.490. The summed E-state index contributed by atoms with van der Waals surface area (Å²) < 4.78 is 5.33. The van der Waals surface area contributed by atoms with Gasteiger partial charge in [-0.25, -0.2) is 4.99 Å². The number of carbonyl (C=O) groups excluding carboxylic acids is 1. The number of carbonyl (C=O) groups is 1. The molecule has 1 amide bonds. The zero-order chi connectivity index (χ0) is 16.2. The molecule has 0 saturated heterocycles. The van der Waals surface area contributed by atoms with Crippen LogP contribution in [-0.2, 0) is 9.53 Å². The van der Waals surface area contributed by atoms with Gasteiger partial charge in [0.05, 0.1) is 0 Å². The van der Waals surface area contributed by atoms with Gasteiger partial charge in [-0.2, -0.15) is 0 Å². The summed E-state index contributed by atoms with van der Waals surface area (Å²) >= 11 is 0. The fraction of sp³-hybridized carbons (Fsp3) is 0.875. The van der Waals surface area contributed by atoms with Crippen LogP contribution in [0.5, 0.6) is 0 Å². The number of nitrogens with zero attached hydrogens (tertiary/aromatic N) is 2. The van der Waals surface area contributed by atoms with Gasteiger partial charge in [0.1, 0.15) is 6.54 Å². The van der Waals surface area contributed by atoms with Crippen molar-refractivity contribution in [2.75, 3.05) is 40.4 Å². The summed E-state index contributed by atoms with van der Waals surface area (Å²) in [5.41, 5.74) is 0. The van der Waals surface area contributed by atoms with Gasteiger partial charge in [0.15, 0.2) is 5.96 Å². The summed E-state index contributed by atoms with van der Waals surface area (Å²) in [5.74, 6) is 0.780. The fourth-order valence-electron chi connectivity index (χ4n) is 2.38. The molecule has 2 N–H and O–H groups in total. The van der Waals surface area contributed by atoms with Crippen molar-refractivity contribution in [1.82, 2.24) is 15.5 Å². The number of hydrogen-bond donors (Lipinski definition) is 2. The van der Waals surface area contributed by atoms with Crippen molar-refractivity contribution >= 4 is 35.8 Å². The third-order valence-electron chi connectivity index (χ3n) is 3.78. The number of unbranched alkanes of at least 4 members (excludes halogenated alkanes) is 1. The Morgan fingerprint density at radius 1 is 1.26 bits per heavy atom. The van der Waals surface area contributed by atoms with Gasteiger partial charge >= 0.3 is 0 Å². The topological polar surface area (TPSA) is 66.0 Å². The predicted molar refractivity (Wildman–Crippen MR) is 106 cm³/mol. The zero-order valence-electron chi connectivity index (χ0n) is 14.8. The summed E-state index contributed by atoms with van der Waals surface area (Å²) in [7, 11) is 3.51. The Bertz CT molecular complexity index is 345. The molecule has 1 fully saturated rings. The first-order valence-electron chi connectivity index (χ1n) is 8.46. The minimum Gasteiger partial charge on any atom is -0.382 e. The summed E-state index contributed by atoms with van der Waals surface area (Å²) in [6.45, 7) is 4.63. The fourth-order valence-corrected chi connectivity index (χ4v) is 2.38. The lowest BCUT2D eigenvalue weighted by Gasteiger charge is -2.18. The Kier molecular flexibility index (Phi) is 13.5. The molecule has 136 valence electrons. The van der Waals surface area contributed by atoms with Crippen molar-refractivity contribution in [2.24, 2.45) is 4.99 Å². The Morgan fingerprint density at radius 2 is 1.96 bits per heavy atom. The molecule has 23 heavy (non-hydrogen) atoms. The van der Waals surface area contributed by atoms with Gasteiger partial charge in [0, 0.05) is 39.9 Å². The molecule has 7 heteroatoms. The van der Waals surface area contributed by atoms with Crippen molar-refractivity contribution in [3.63, 3.8) is 0 Å². The van der Waals surface area contributed by atoms with E-state index in [1.807, 2.05) is 6.92 Å². The number of halogens is 1. The van der Waals surface area contributed by atoms with Crippen LogP contribution < -0.4 is 10.6 Å². The van der Waals surface area contributed by atoms with Gasteiger partial charge in [-0.05, 0) is 32.6 Å². The smallest absolute Gasteiger partial charge is 0.243 e. The maximum atomic E-state index is 11.7. The van der Waals surface area contributed by atoms with Crippen LogP contribution in [0.15, 0.2) is 4.99 Å². The number of guanidine groups is 1. The lowest BCUT2D eigenvalue weighted by Crippen LogP contribution is -2.43. The molecule has 0 aromatic rings. The van der Waals surface area contributed by atoms with Crippen LogP contribution in [-0.4, -0.2) is 63.2 Å². The van der Waals surface area contributed by atoms with E-state index in [4.69, 9.17) is 4.74 Å². The van der Waals surface area contributed by atoms with Crippen LogP contribution in [0.3, 0.4) is 0 Å². The molecule has 0 spiro atoms. The number of rotatable bonds is 9. The molecule has 0 aliphatic heterocycles. The molecule has 1 rings (SSSR count). The molecular weight excluding hydrogens is 407 g/mol. The minimum atomic E-state index is 0. The number of likely N-dealkylation sites (N-methyl/N-ethyl adjacent to an activating group) is 1. The first-order chi connectivity index (χ1) is 10.6. The maximum Gasteiger partial charge on any atom is 0.243 e. The van der Waals surface area contributed by atoms with E-state index in [9.17, 15) is 4.79 Å². The third kappa shape index (κ3) is 10.8. The van der Waals surface area contributed by atoms with Crippen LogP contribution in [0.2, 0.25) is 0 Å². The monoisotopic (exact) mass is 440 g/mol. The van der Waals surface area contributed by atoms with Crippen molar-refractivity contribution in [1.29, 1.82) is 0 Å². The van der Waals surface area contributed by atoms with Crippen molar-refractivity contribution < 1.29 is 9.53 Å². The molecule has 0 atom stereocenters. The molecule has 6 nitrogen and oxygen atoms in total. The molecule has 0 heterocycles. The number of hydrogen-bond acceptors (Lipinski definition) is 3. The van der Waals surface area contributed by atoms with Crippen LogP contribution in [0.1, 0.15) is 45.4 Å². The highest BCUT2D eigenvalue weighted by Crippen LogP contribution is 2.17. The standard InChI is InChI=1S/C16H32N4O2.HI/c1-4-22-12-8-7-11-17-16(18-13-15(21)20(2)3)19-14-9-5-6-10-14;/h14H,4-13H2,1-3H3,(H2,17,18,19);1H. The maximum absolute atomic E-state index is 11.7. The Hall–Kier alpha value is -0.570. The van der Waals surface area contributed by atoms with Gasteiger partial charge in [0.2, 0.25) is 5.91 Å². The molecule has 1 aliphatic rings. The van der Waals surface area contributed by atoms with Gasteiger partial charge in [0.25, 0.3) is 0 Å². The SMILES string of the molecule is CCOCCCCNC(=NCC(=O)N(C)C)NC1CCCC1.I. The quantitative estimate of drug-likeness (QED) is 0.249. The largest absolute Gasteiger partial charge is 0.382 e. The highest BCUT2D eigenvalue weighted by atomic mass is 127. The van der Waals surface area contributed by atoms with Gasteiger partial charge in [-0.15, -0.1) is 24.0 Å². The average molecular weight is 440 g/mol. The molecule has 0 radical (unpaired) electrons. The second-order valence-corrected chi connectivity index (χ2v) is 5.91. The number of aliphatic imine (C=N–C) groups is 1. The predicted octanol–water partition coefficient (Wildman–Crippen LogP) is 1.99. The van der Waals surface area contributed by atoms with Crippen LogP contribution in [0.25, 0.3) is 0 Å². The Morgan fingerprint density at radius 3 is 2.57 bits per heavy atom. The minimum absolute atomic E-state index is 0. The van der Waals surface area contributed by atoms with Gasteiger partial charge in [-0.1, -0.05) is 12.8 Å². The van der Waals surface area contributed by atoms with E-state index in [0.717, 1.165) is 38.6 Å². The Balaban J connectivity index is 0.00000484. The highest BCUT2D eigenvalue weighted by Gasteiger charge is 2.16. The van der Waals surface area contributed by atoms with Crippen molar-refractivity contribution in [2.45, 2.75) is 51.5 Å². The first kappa shape index (κ1) is 22.4. The van der Waals surface area contributed by atoms with Crippen molar-refractivity contribution in [3.8, 4) is 0 Å². The lowest BCUT2D eigenvalue weighted by atomic mass is 10.2. The molecule has 0 aromatic carbocycles. The molecule has 0 bridgehead atoms. The van der Waals surface area contributed by atoms with Crippen LogP contribution >= 0.6 is 24.0 Å². The lowest BCUT2D eigenvalue weighted by molar-refractivity contribution is -0.127. The van der Waals surface area contributed by atoms with E-state index in [1.54, 1.807) is 19.0 Å². The van der Waals surface area contributed by atoms with E-state index in [2.05, 4.69) is 15.6 Å². The normalized spacial score (nSPS) is 15.2. The Labute approximate surface area is 157 Å². The van der Waals surface area contributed by atoms with Crippen LogP contribution in [0, 0.1) is 0 Å². The molecule has 0 aromatic heterocycles. The second kappa shape index (κ2) is 13.8. The number of ether oxygens (including phenoxy) is 1. The van der Waals surface area contributed by atoms with E-state index in [1.165, 1.54) is 25.7 Å². The number of amides is 1. The third-order valence-corrected chi connectivity index (χ3v) is 3.78. The zero-order valence-corrected chi connectivity index (χ0v) is 17.1. The van der Waals surface area contributed by atoms with Gasteiger partial charge < -0.3 is 20.3 Å². The second-order valence-electron chi connectivity index (χ2n) is 5.91. The molecule has 1 aliphatic carbocycles. The van der Waals surface area contributed by atoms with E-state index >= 15 is 0 Å². The van der Waals surface area contributed by atoms with E-state index < -0.39 is 0 Å². The summed E-state index contributed by atoms with van der Waals surface area (Å²) in [4.78, 5) is 17.7. The highest BCUT2D eigenvalue weighted by molar-refractivity contribution is 14.0. The van der Waals surface area contributed by atoms with Crippen LogP contribution in [0.4, 0.5) is 0 Å². The molecule has 0 unspecified atom stereocenters. The molecule has 1 saturated carbocycles. The van der Waals surface area contributed by atoms with E-state index in [-0.39, 0.29) is 36.4 Å². The van der Waals surface area contributed by atoms with E-state index in [0.29, 0.717) is 6.04 Å². The molecular formula is C16H33IN4O2. The average Bonchev–Trinajstić information content (AvgIpc) is 3.00. The van der Waals surface area contributed by atoms with Crippen molar-refractivity contribution in [3.05, 3.63) is 0 Å². The van der Waals surface area contributed by atoms with Gasteiger partial charge in [-0.3, -0.25) is 4.79 Å². The number of nitrogens with one attached hydrogen (secondary N) is 2. The first-order valence-corrected chi connectivity index (χ1v) is 8.46. The summed E-state index contributed by atoms with van der Waals surface area (Å²) in [6.07, 6.45) is 6.99.